The van der Waals surface area contributed by atoms with E-state index in [1.54, 1.807) is 38.4 Å². The van der Waals surface area contributed by atoms with E-state index < -0.39 is 52.4 Å². The number of hydrogen-bond acceptors (Lipinski definition) is 7. The largest absolute Gasteiger partial charge is 0.390 e. The van der Waals surface area contributed by atoms with E-state index in [4.69, 9.17) is 4.84 Å². The monoisotopic (exact) mass is 512 g/mol. The summed E-state index contributed by atoms with van der Waals surface area (Å²) in [5.41, 5.74) is -2.46. The SMILES string of the molecule is Cc1cncc(CO/N=C2/C=C[C@@]3(C)C(=C2)CC[C@H]2[C@@H]4C[C@@H](C)[C@](O)(C(=O)CO)[C@@]4(C)C[C@H](O)[C@@]23F)c1. The molecule has 0 aliphatic heterocycles. The van der Waals surface area contributed by atoms with Gasteiger partial charge >= 0.3 is 0 Å². The summed E-state index contributed by atoms with van der Waals surface area (Å²) in [7, 11) is 0. The van der Waals surface area contributed by atoms with Crippen LogP contribution in [0.25, 0.3) is 0 Å². The zero-order chi connectivity index (χ0) is 26.8. The molecule has 8 heteroatoms. The van der Waals surface area contributed by atoms with Crippen molar-refractivity contribution in [1.82, 2.24) is 4.98 Å². The van der Waals surface area contributed by atoms with Crippen molar-refractivity contribution in [1.29, 1.82) is 0 Å². The molecule has 0 unspecified atom stereocenters. The zero-order valence-corrected chi connectivity index (χ0v) is 21.9. The Bertz CT molecular complexity index is 1200. The third-order valence-corrected chi connectivity index (χ3v) is 10.1. The minimum atomic E-state index is -1.97. The number of Topliss-reactive ketones (excluding diaryl/α,β-unsaturated/α-hetero) is 1. The van der Waals surface area contributed by atoms with Crippen molar-refractivity contribution in [3.05, 3.63) is 53.4 Å². The van der Waals surface area contributed by atoms with Gasteiger partial charge in [0.1, 0.15) is 24.5 Å². The lowest BCUT2D eigenvalue weighted by Crippen LogP contribution is -2.69. The summed E-state index contributed by atoms with van der Waals surface area (Å²) < 4.78 is 17.4. The van der Waals surface area contributed by atoms with Gasteiger partial charge in [0.05, 0.1) is 6.10 Å². The lowest BCUT2D eigenvalue weighted by atomic mass is 9.44. The molecule has 4 aliphatic rings. The molecule has 37 heavy (non-hydrogen) atoms. The number of pyridine rings is 1. The fraction of sp³-hybridized carbons (Fsp3) is 0.621. The predicted molar refractivity (Wildman–Crippen MR) is 136 cm³/mol. The Morgan fingerprint density at radius 2 is 2.05 bits per heavy atom. The van der Waals surface area contributed by atoms with E-state index in [1.807, 2.05) is 26.0 Å². The maximum absolute atomic E-state index is 17.4. The van der Waals surface area contributed by atoms with Gasteiger partial charge in [-0.15, -0.1) is 0 Å². The van der Waals surface area contributed by atoms with Crippen LogP contribution in [0.2, 0.25) is 0 Å². The lowest BCUT2D eigenvalue weighted by molar-refractivity contribution is -0.219. The molecule has 8 atom stereocenters. The fourth-order valence-electron chi connectivity index (χ4n) is 8.21. The first-order valence-electron chi connectivity index (χ1n) is 13.2. The maximum atomic E-state index is 17.4. The molecule has 0 bridgehead atoms. The molecule has 3 fully saturated rings. The van der Waals surface area contributed by atoms with Gasteiger partial charge in [0.15, 0.2) is 11.5 Å². The highest BCUT2D eigenvalue weighted by atomic mass is 19.1. The Hall–Kier alpha value is -2.42. The Morgan fingerprint density at radius 3 is 2.76 bits per heavy atom. The summed E-state index contributed by atoms with van der Waals surface area (Å²) in [6.07, 6.45) is 9.01. The van der Waals surface area contributed by atoms with Gasteiger partial charge < -0.3 is 20.2 Å². The zero-order valence-electron chi connectivity index (χ0n) is 21.9. The van der Waals surface area contributed by atoms with Gasteiger partial charge in [0.2, 0.25) is 0 Å². The van der Waals surface area contributed by atoms with Gasteiger partial charge in [0, 0.05) is 34.7 Å². The number of alkyl halides is 1. The second kappa shape index (κ2) is 8.82. The second-order valence-electron chi connectivity index (χ2n) is 12.0. The molecule has 4 aliphatic carbocycles. The second-order valence-corrected chi connectivity index (χ2v) is 12.0. The highest BCUT2D eigenvalue weighted by Crippen LogP contribution is 2.70. The van der Waals surface area contributed by atoms with Gasteiger partial charge in [-0.2, -0.15) is 0 Å². The molecular weight excluding hydrogens is 475 g/mol. The molecule has 0 saturated heterocycles. The highest BCUT2D eigenvalue weighted by molar-refractivity contribution is 6.05. The van der Waals surface area contributed by atoms with Gasteiger partial charge in [-0.25, -0.2) is 4.39 Å². The van der Waals surface area contributed by atoms with E-state index in [1.165, 1.54) is 0 Å². The van der Waals surface area contributed by atoms with E-state index in [9.17, 15) is 20.1 Å². The first-order chi connectivity index (χ1) is 17.4. The Balaban J connectivity index is 1.42. The van der Waals surface area contributed by atoms with E-state index >= 15 is 4.39 Å². The first kappa shape index (κ1) is 26.2. The van der Waals surface area contributed by atoms with Crippen LogP contribution in [0.3, 0.4) is 0 Å². The van der Waals surface area contributed by atoms with Crippen molar-refractivity contribution in [2.75, 3.05) is 6.61 Å². The van der Waals surface area contributed by atoms with Crippen LogP contribution in [0.15, 0.2) is 47.4 Å². The summed E-state index contributed by atoms with van der Waals surface area (Å²) in [4.78, 5) is 22.5. The molecule has 0 aromatic carbocycles. The maximum Gasteiger partial charge on any atom is 0.190 e. The Morgan fingerprint density at radius 1 is 1.30 bits per heavy atom. The van der Waals surface area contributed by atoms with Crippen LogP contribution >= 0.6 is 0 Å². The van der Waals surface area contributed by atoms with E-state index in [-0.39, 0.29) is 18.9 Å². The molecule has 3 saturated carbocycles. The summed E-state index contributed by atoms with van der Waals surface area (Å²) in [5, 5.41) is 36.9. The minimum Gasteiger partial charge on any atom is -0.390 e. The smallest absolute Gasteiger partial charge is 0.190 e. The van der Waals surface area contributed by atoms with Crippen LogP contribution in [-0.2, 0) is 16.2 Å². The summed E-state index contributed by atoms with van der Waals surface area (Å²) in [5.74, 6) is -1.93. The number of oxime groups is 1. The molecular formula is C29H37FN2O5. The van der Waals surface area contributed by atoms with Crippen molar-refractivity contribution < 1.29 is 29.3 Å². The molecule has 1 heterocycles. The number of aryl methyl sites for hydroxylation is 1. The number of halogens is 1. The summed E-state index contributed by atoms with van der Waals surface area (Å²) >= 11 is 0. The fourth-order valence-corrected chi connectivity index (χ4v) is 8.21. The number of carbonyl (C=O) groups is 1. The van der Waals surface area contributed by atoms with Crippen LogP contribution in [0.4, 0.5) is 4.39 Å². The molecule has 3 N–H and O–H groups in total. The number of aliphatic hydroxyl groups is 3. The van der Waals surface area contributed by atoms with Crippen molar-refractivity contribution in [3.8, 4) is 0 Å². The molecule has 0 radical (unpaired) electrons. The van der Waals surface area contributed by atoms with E-state index in [2.05, 4.69) is 10.1 Å². The summed E-state index contributed by atoms with van der Waals surface area (Å²) in [6, 6.07) is 1.98. The highest BCUT2D eigenvalue weighted by Gasteiger charge is 2.75. The Labute approximate surface area is 217 Å². The van der Waals surface area contributed by atoms with Gasteiger partial charge in [-0.05, 0) is 75.1 Å². The standard InChI is InChI=1S/C29H37FN2O5/c1-17-9-19(14-31-13-17)16-37-32-21-7-8-26(3)20(11-21)5-6-22-23-10-18(2)29(36,25(35)15-33)27(23,4)12-24(34)28(22,26)30/h7-9,11,13-14,18,22-24,33-34,36H,5-6,10,12,15-16H2,1-4H3/b32-21-/t18-,22+,23+,24+,26+,27+,28+,29+/m1/s1. The predicted octanol–water partition coefficient (Wildman–Crippen LogP) is 3.60. The number of fused-ring (bicyclic) bond motifs is 5. The number of rotatable bonds is 5. The van der Waals surface area contributed by atoms with Crippen LogP contribution in [0, 0.1) is 35.5 Å². The number of ketones is 1. The average molecular weight is 513 g/mol. The molecule has 1 aromatic heterocycles. The normalized spacial score (nSPS) is 43.6. The molecule has 1 aromatic rings. The number of hydrogen-bond donors (Lipinski definition) is 3. The molecule has 5 rings (SSSR count). The third kappa shape index (κ3) is 3.52. The van der Waals surface area contributed by atoms with Crippen LogP contribution in [-0.4, -0.2) is 55.8 Å². The number of nitrogens with zero attached hydrogens (tertiary/aromatic N) is 2. The number of carbonyl (C=O) groups excluding carboxylic acids is 1. The van der Waals surface area contributed by atoms with Crippen molar-refractivity contribution in [2.45, 2.75) is 77.4 Å². The van der Waals surface area contributed by atoms with Crippen LogP contribution < -0.4 is 0 Å². The van der Waals surface area contributed by atoms with Gasteiger partial charge in [0.25, 0.3) is 0 Å². The van der Waals surface area contributed by atoms with Crippen molar-refractivity contribution in [3.63, 3.8) is 0 Å². The average Bonchev–Trinajstić information content (AvgIpc) is 3.06. The van der Waals surface area contributed by atoms with Crippen molar-refractivity contribution in [2.24, 2.45) is 33.7 Å². The molecule has 0 amide bonds. The van der Waals surface area contributed by atoms with Gasteiger partial charge in [-0.3, -0.25) is 9.78 Å². The van der Waals surface area contributed by atoms with Crippen LogP contribution in [0.1, 0.15) is 57.6 Å². The van der Waals surface area contributed by atoms with Crippen LogP contribution in [0.5, 0.6) is 0 Å². The molecule has 7 nitrogen and oxygen atoms in total. The Kier molecular flexibility index (Phi) is 6.24. The van der Waals surface area contributed by atoms with Gasteiger partial charge in [-0.1, -0.05) is 30.7 Å². The van der Waals surface area contributed by atoms with E-state index in [0.29, 0.717) is 25.0 Å². The first-order valence-corrected chi connectivity index (χ1v) is 13.2. The number of aromatic nitrogens is 1. The summed E-state index contributed by atoms with van der Waals surface area (Å²) in [6.45, 7) is 6.85. The lowest BCUT2D eigenvalue weighted by Gasteiger charge is -2.62. The quantitative estimate of drug-likeness (QED) is 0.520. The molecule has 0 spiro atoms. The molecule has 200 valence electrons. The minimum absolute atomic E-state index is 0.0530. The van der Waals surface area contributed by atoms with E-state index in [0.717, 1.165) is 16.7 Å². The number of aliphatic hydroxyl groups excluding tert-OH is 2. The third-order valence-electron chi connectivity index (χ3n) is 10.1. The number of allylic oxidation sites excluding steroid dienone is 4. The topological polar surface area (TPSA) is 112 Å². The van der Waals surface area contributed by atoms with Crippen molar-refractivity contribution >= 4 is 11.5 Å².